The zero-order chi connectivity index (χ0) is 14.7. The third-order valence-corrected chi connectivity index (χ3v) is 4.21. The van der Waals surface area contributed by atoms with Crippen molar-refractivity contribution in [2.75, 3.05) is 7.05 Å². The number of rotatable bonds is 4. The SMILES string of the molecule is CNC(Cc1ccc(F)c(Br)c1)c1ccc(Br)cc1F. The van der Waals surface area contributed by atoms with Crippen molar-refractivity contribution in [3.05, 3.63) is 68.1 Å². The standard InChI is InChI=1S/C15H13Br2F2N/c1-20-15(11-4-3-10(16)8-14(11)19)7-9-2-5-13(18)12(17)6-9/h2-6,8,15,20H,7H2,1H3. The summed E-state index contributed by atoms with van der Waals surface area (Å²) >= 11 is 6.41. The highest BCUT2D eigenvalue weighted by Crippen LogP contribution is 2.25. The monoisotopic (exact) mass is 403 g/mol. The molecular weight excluding hydrogens is 392 g/mol. The van der Waals surface area contributed by atoms with Crippen LogP contribution < -0.4 is 5.32 Å². The second-order valence-electron chi connectivity index (χ2n) is 4.46. The molecule has 20 heavy (non-hydrogen) atoms. The Bertz CT molecular complexity index is 617. The van der Waals surface area contributed by atoms with E-state index in [2.05, 4.69) is 37.2 Å². The lowest BCUT2D eigenvalue weighted by atomic mass is 9.98. The van der Waals surface area contributed by atoms with Crippen LogP contribution in [0.4, 0.5) is 8.78 Å². The van der Waals surface area contributed by atoms with E-state index in [1.165, 1.54) is 12.1 Å². The number of likely N-dealkylation sites (N-methyl/N-ethyl adjacent to an activating group) is 1. The molecule has 5 heteroatoms. The summed E-state index contributed by atoms with van der Waals surface area (Å²) in [4.78, 5) is 0. The van der Waals surface area contributed by atoms with Crippen molar-refractivity contribution in [1.82, 2.24) is 5.32 Å². The van der Waals surface area contributed by atoms with Crippen LogP contribution in [0, 0.1) is 11.6 Å². The van der Waals surface area contributed by atoms with Gasteiger partial charge in [-0.3, -0.25) is 0 Å². The Balaban J connectivity index is 2.26. The van der Waals surface area contributed by atoms with Crippen molar-refractivity contribution in [3.63, 3.8) is 0 Å². The Labute approximate surface area is 133 Å². The van der Waals surface area contributed by atoms with E-state index in [9.17, 15) is 8.78 Å². The summed E-state index contributed by atoms with van der Waals surface area (Å²) in [7, 11) is 1.78. The number of halogens is 4. The molecule has 1 N–H and O–H groups in total. The first-order chi connectivity index (χ1) is 9.51. The normalized spacial score (nSPS) is 12.4. The van der Waals surface area contributed by atoms with Gasteiger partial charge in [0.05, 0.1) is 4.47 Å². The molecule has 0 bridgehead atoms. The summed E-state index contributed by atoms with van der Waals surface area (Å²) in [5.41, 5.74) is 1.52. The lowest BCUT2D eigenvalue weighted by Crippen LogP contribution is -2.20. The average Bonchev–Trinajstić information content (AvgIpc) is 2.41. The van der Waals surface area contributed by atoms with Gasteiger partial charge in [0.1, 0.15) is 11.6 Å². The molecule has 1 unspecified atom stereocenters. The van der Waals surface area contributed by atoms with Crippen molar-refractivity contribution >= 4 is 31.9 Å². The molecule has 0 fully saturated rings. The number of hydrogen-bond donors (Lipinski definition) is 1. The number of hydrogen-bond acceptors (Lipinski definition) is 1. The van der Waals surface area contributed by atoms with Crippen LogP contribution in [0.2, 0.25) is 0 Å². The van der Waals surface area contributed by atoms with Gasteiger partial charge in [-0.15, -0.1) is 0 Å². The van der Waals surface area contributed by atoms with Gasteiger partial charge in [0.25, 0.3) is 0 Å². The number of benzene rings is 2. The van der Waals surface area contributed by atoms with Crippen LogP contribution in [0.25, 0.3) is 0 Å². The van der Waals surface area contributed by atoms with Gasteiger partial charge >= 0.3 is 0 Å². The molecule has 2 aromatic rings. The highest BCUT2D eigenvalue weighted by molar-refractivity contribution is 9.10. The molecule has 0 aliphatic rings. The topological polar surface area (TPSA) is 12.0 Å². The van der Waals surface area contributed by atoms with Gasteiger partial charge in [0.2, 0.25) is 0 Å². The van der Waals surface area contributed by atoms with Gasteiger partial charge in [0, 0.05) is 16.1 Å². The first kappa shape index (κ1) is 15.6. The third kappa shape index (κ3) is 3.65. The van der Waals surface area contributed by atoms with Crippen molar-refractivity contribution in [3.8, 4) is 0 Å². The molecule has 1 nitrogen and oxygen atoms in total. The molecule has 0 aliphatic heterocycles. The maximum absolute atomic E-state index is 14.0. The molecule has 0 aromatic heterocycles. The van der Waals surface area contributed by atoms with Crippen molar-refractivity contribution in [2.45, 2.75) is 12.5 Å². The molecule has 0 saturated heterocycles. The van der Waals surface area contributed by atoms with E-state index in [4.69, 9.17) is 0 Å². The van der Waals surface area contributed by atoms with Crippen LogP contribution in [0.15, 0.2) is 45.3 Å². The highest BCUT2D eigenvalue weighted by Gasteiger charge is 2.15. The highest BCUT2D eigenvalue weighted by atomic mass is 79.9. The van der Waals surface area contributed by atoms with Gasteiger partial charge < -0.3 is 5.32 Å². The summed E-state index contributed by atoms with van der Waals surface area (Å²) in [6.07, 6.45) is 0.577. The van der Waals surface area contributed by atoms with Crippen molar-refractivity contribution < 1.29 is 8.78 Å². The van der Waals surface area contributed by atoms with E-state index < -0.39 is 0 Å². The Morgan fingerprint density at radius 1 is 1.05 bits per heavy atom. The maximum atomic E-state index is 14.0. The van der Waals surface area contributed by atoms with Gasteiger partial charge in [-0.05, 0) is 59.2 Å². The molecule has 0 amide bonds. The van der Waals surface area contributed by atoms with Crippen LogP contribution in [-0.2, 0) is 6.42 Å². The summed E-state index contributed by atoms with van der Waals surface area (Å²) < 4.78 is 28.3. The van der Waals surface area contributed by atoms with E-state index in [0.29, 0.717) is 20.9 Å². The molecule has 1 atom stereocenters. The maximum Gasteiger partial charge on any atom is 0.137 e. The minimum Gasteiger partial charge on any atom is -0.313 e. The first-order valence-corrected chi connectivity index (χ1v) is 7.66. The second kappa shape index (κ2) is 6.78. The minimum atomic E-state index is -0.301. The summed E-state index contributed by atoms with van der Waals surface area (Å²) in [6, 6.07) is 9.67. The van der Waals surface area contributed by atoms with Crippen molar-refractivity contribution in [1.29, 1.82) is 0 Å². The molecule has 2 rings (SSSR count). The Kier molecular flexibility index (Phi) is 5.29. The predicted molar refractivity (Wildman–Crippen MR) is 83.7 cm³/mol. The fraction of sp³-hybridized carbons (Fsp3) is 0.200. The molecule has 0 spiro atoms. The Hall–Kier alpha value is -0.780. The molecule has 106 valence electrons. The average molecular weight is 405 g/mol. The lowest BCUT2D eigenvalue weighted by molar-refractivity contribution is 0.532. The summed E-state index contributed by atoms with van der Waals surface area (Å²) in [5.74, 6) is -0.565. The molecule has 0 heterocycles. The van der Waals surface area contributed by atoms with Gasteiger partial charge in [-0.2, -0.15) is 0 Å². The molecule has 0 saturated carbocycles. The Morgan fingerprint density at radius 2 is 1.80 bits per heavy atom. The predicted octanol–water partition coefficient (Wildman–Crippen LogP) is 4.99. The van der Waals surface area contributed by atoms with Crippen LogP contribution in [-0.4, -0.2) is 7.05 Å². The minimum absolute atomic E-state index is 0.166. The van der Waals surface area contributed by atoms with Gasteiger partial charge in [-0.25, -0.2) is 8.78 Å². The number of nitrogens with one attached hydrogen (secondary N) is 1. The molecule has 0 radical (unpaired) electrons. The first-order valence-electron chi connectivity index (χ1n) is 6.07. The largest absolute Gasteiger partial charge is 0.313 e. The van der Waals surface area contributed by atoms with Crippen LogP contribution in [0.5, 0.6) is 0 Å². The summed E-state index contributed by atoms with van der Waals surface area (Å²) in [6.45, 7) is 0. The summed E-state index contributed by atoms with van der Waals surface area (Å²) in [5, 5.41) is 3.10. The zero-order valence-electron chi connectivity index (χ0n) is 10.8. The van der Waals surface area contributed by atoms with E-state index in [1.807, 2.05) is 6.07 Å². The fourth-order valence-electron chi connectivity index (χ4n) is 2.05. The quantitative estimate of drug-likeness (QED) is 0.756. The van der Waals surface area contributed by atoms with E-state index >= 15 is 0 Å². The van der Waals surface area contributed by atoms with Crippen LogP contribution in [0.1, 0.15) is 17.2 Å². The zero-order valence-corrected chi connectivity index (χ0v) is 13.9. The Morgan fingerprint density at radius 3 is 2.40 bits per heavy atom. The van der Waals surface area contributed by atoms with Gasteiger partial charge in [-0.1, -0.05) is 28.1 Å². The van der Waals surface area contributed by atoms with Crippen LogP contribution >= 0.6 is 31.9 Å². The second-order valence-corrected chi connectivity index (χ2v) is 6.23. The smallest absolute Gasteiger partial charge is 0.137 e. The molecular formula is C15H13Br2F2N. The van der Waals surface area contributed by atoms with E-state index in [-0.39, 0.29) is 17.7 Å². The molecule has 0 aliphatic carbocycles. The van der Waals surface area contributed by atoms with Crippen molar-refractivity contribution in [2.24, 2.45) is 0 Å². The third-order valence-electron chi connectivity index (χ3n) is 3.11. The molecule has 2 aromatic carbocycles. The van der Waals surface area contributed by atoms with Crippen LogP contribution in [0.3, 0.4) is 0 Å². The fourth-order valence-corrected chi connectivity index (χ4v) is 2.81. The van der Waals surface area contributed by atoms with E-state index in [0.717, 1.165) is 5.56 Å². The lowest BCUT2D eigenvalue weighted by Gasteiger charge is -2.18. The van der Waals surface area contributed by atoms with Gasteiger partial charge in [0.15, 0.2) is 0 Å². The van der Waals surface area contributed by atoms with E-state index in [1.54, 1.807) is 25.2 Å².